The van der Waals surface area contributed by atoms with Gasteiger partial charge in [-0.1, -0.05) is 0 Å². The number of fused-ring (bicyclic) bond motifs is 1. The van der Waals surface area contributed by atoms with Gasteiger partial charge >= 0.3 is 6.18 Å². The molecule has 0 fully saturated rings. The van der Waals surface area contributed by atoms with E-state index in [2.05, 4.69) is 15.1 Å². The number of ether oxygens (including phenoxy) is 1. The van der Waals surface area contributed by atoms with E-state index in [4.69, 9.17) is 4.74 Å². The fourth-order valence-electron chi connectivity index (χ4n) is 3.16. The molecule has 29 heavy (non-hydrogen) atoms. The second-order valence-corrected chi connectivity index (χ2v) is 6.51. The number of pyridine rings is 2. The maximum atomic E-state index is 12.6. The van der Waals surface area contributed by atoms with Crippen LogP contribution in [0.1, 0.15) is 5.56 Å². The minimum absolute atomic E-state index is 0.115. The van der Waals surface area contributed by atoms with E-state index in [9.17, 15) is 18.3 Å². The molecule has 4 heterocycles. The Morgan fingerprint density at radius 3 is 2.72 bits per heavy atom. The summed E-state index contributed by atoms with van der Waals surface area (Å²) >= 11 is 0. The van der Waals surface area contributed by atoms with E-state index < -0.39 is 12.7 Å². The van der Waals surface area contributed by atoms with E-state index in [0.29, 0.717) is 28.2 Å². The molecule has 0 aliphatic heterocycles. The lowest BCUT2D eigenvalue weighted by Gasteiger charge is -2.06. The molecule has 150 valence electrons. The number of hydrogen-bond donors (Lipinski definition) is 1. The van der Waals surface area contributed by atoms with Gasteiger partial charge in [-0.3, -0.25) is 9.25 Å². The Bertz CT molecular complexity index is 1200. The first-order valence-electron chi connectivity index (χ1n) is 8.57. The third-order valence-corrected chi connectivity index (χ3v) is 4.43. The predicted molar refractivity (Wildman–Crippen MR) is 99.1 cm³/mol. The number of nitrogens with zero attached hydrogens (tertiary/aromatic N) is 5. The van der Waals surface area contributed by atoms with Gasteiger partial charge in [-0.25, -0.2) is 9.97 Å². The van der Waals surface area contributed by atoms with Crippen molar-refractivity contribution in [3.8, 4) is 28.7 Å². The molecular weight excluding hydrogens is 387 g/mol. The zero-order chi connectivity index (χ0) is 20.8. The number of halogens is 3. The summed E-state index contributed by atoms with van der Waals surface area (Å²) in [5.74, 6) is 0.329. The third-order valence-electron chi connectivity index (χ3n) is 4.43. The molecule has 0 radical (unpaired) electrons. The number of rotatable bonds is 4. The number of aromatic nitrogens is 5. The van der Waals surface area contributed by atoms with Crippen LogP contribution in [0.5, 0.6) is 11.8 Å². The molecule has 0 bridgehead atoms. The lowest BCUT2D eigenvalue weighted by molar-refractivity contribution is -0.142. The van der Waals surface area contributed by atoms with Crippen LogP contribution in [-0.4, -0.2) is 42.7 Å². The first kappa shape index (κ1) is 18.8. The first-order valence-corrected chi connectivity index (χ1v) is 8.57. The number of alkyl halides is 3. The number of aromatic hydroxyl groups is 1. The zero-order valence-electron chi connectivity index (χ0n) is 15.5. The molecule has 4 aromatic heterocycles. The maximum Gasteiger partial charge on any atom is 0.408 e. The van der Waals surface area contributed by atoms with Gasteiger partial charge in [0.25, 0.3) is 0 Å². The van der Waals surface area contributed by atoms with Crippen molar-refractivity contribution in [1.82, 2.24) is 24.3 Å². The van der Waals surface area contributed by atoms with Crippen molar-refractivity contribution < 1.29 is 23.0 Å². The van der Waals surface area contributed by atoms with Gasteiger partial charge in [0.05, 0.1) is 35.6 Å². The van der Waals surface area contributed by atoms with Crippen LogP contribution < -0.4 is 4.74 Å². The molecule has 7 nitrogen and oxygen atoms in total. The molecule has 0 unspecified atom stereocenters. The quantitative estimate of drug-likeness (QED) is 0.560. The average molecular weight is 403 g/mol. The average Bonchev–Trinajstić information content (AvgIpc) is 3.24. The van der Waals surface area contributed by atoms with Crippen LogP contribution in [0, 0.1) is 6.92 Å². The van der Waals surface area contributed by atoms with Gasteiger partial charge in [0.1, 0.15) is 6.54 Å². The fourth-order valence-corrected chi connectivity index (χ4v) is 3.16. The molecule has 4 aromatic rings. The topological polar surface area (TPSA) is 78.0 Å². The maximum absolute atomic E-state index is 12.6. The Labute approximate surface area is 163 Å². The molecule has 0 saturated carbocycles. The zero-order valence-corrected chi connectivity index (χ0v) is 15.5. The van der Waals surface area contributed by atoms with Crippen molar-refractivity contribution in [2.75, 3.05) is 7.11 Å². The van der Waals surface area contributed by atoms with Crippen molar-refractivity contribution in [3.05, 3.63) is 48.5 Å². The van der Waals surface area contributed by atoms with Crippen LogP contribution in [-0.2, 0) is 6.54 Å². The van der Waals surface area contributed by atoms with E-state index in [-0.39, 0.29) is 5.88 Å². The molecule has 0 aromatic carbocycles. The Balaban J connectivity index is 1.78. The van der Waals surface area contributed by atoms with Crippen molar-refractivity contribution >= 4 is 10.9 Å². The van der Waals surface area contributed by atoms with Gasteiger partial charge in [0, 0.05) is 30.2 Å². The lowest BCUT2D eigenvalue weighted by atomic mass is 10.1. The Morgan fingerprint density at radius 2 is 2.00 bits per heavy atom. The Hall–Kier alpha value is -3.56. The highest BCUT2D eigenvalue weighted by Gasteiger charge is 2.28. The molecule has 0 aliphatic carbocycles. The second kappa shape index (κ2) is 6.80. The van der Waals surface area contributed by atoms with E-state index in [1.54, 1.807) is 24.5 Å². The highest BCUT2D eigenvalue weighted by atomic mass is 19.4. The summed E-state index contributed by atoms with van der Waals surface area (Å²) < 4.78 is 45.0. The van der Waals surface area contributed by atoms with E-state index in [1.165, 1.54) is 24.1 Å². The summed E-state index contributed by atoms with van der Waals surface area (Å²) in [5.41, 5.74) is 3.00. The highest BCUT2D eigenvalue weighted by molar-refractivity contribution is 5.90. The molecule has 0 spiro atoms. The molecule has 0 atom stereocenters. The SMILES string of the molecule is COc1cc(-c2cc(C)c3c(O)n(-c4cnn(CC(F)(F)F)c4)cc3n2)ccn1. The van der Waals surface area contributed by atoms with E-state index >= 15 is 0 Å². The molecule has 0 saturated heterocycles. The number of methoxy groups -OCH3 is 1. The first-order chi connectivity index (χ1) is 13.7. The minimum atomic E-state index is -4.38. The van der Waals surface area contributed by atoms with Crippen LogP contribution in [0.2, 0.25) is 0 Å². The summed E-state index contributed by atoms with van der Waals surface area (Å²) in [4.78, 5) is 8.65. The van der Waals surface area contributed by atoms with Crippen LogP contribution in [0.15, 0.2) is 43.0 Å². The largest absolute Gasteiger partial charge is 0.494 e. The highest BCUT2D eigenvalue weighted by Crippen LogP contribution is 2.34. The summed E-state index contributed by atoms with van der Waals surface area (Å²) in [5, 5.41) is 14.9. The van der Waals surface area contributed by atoms with Gasteiger partial charge in [-0.05, 0) is 24.6 Å². The van der Waals surface area contributed by atoms with Gasteiger partial charge in [0.15, 0.2) is 0 Å². The third kappa shape index (κ3) is 3.60. The molecule has 10 heteroatoms. The van der Waals surface area contributed by atoms with Crippen LogP contribution in [0.4, 0.5) is 13.2 Å². The van der Waals surface area contributed by atoms with Crippen molar-refractivity contribution in [3.63, 3.8) is 0 Å². The Morgan fingerprint density at radius 1 is 1.21 bits per heavy atom. The fraction of sp³-hybridized carbons (Fsp3) is 0.211. The molecule has 1 N–H and O–H groups in total. The Kier molecular flexibility index (Phi) is 4.40. The minimum Gasteiger partial charge on any atom is -0.494 e. The van der Waals surface area contributed by atoms with Gasteiger partial charge in [-0.2, -0.15) is 18.3 Å². The lowest BCUT2D eigenvalue weighted by Crippen LogP contribution is -2.17. The smallest absolute Gasteiger partial charge is 0.408 e. The summed E-state index contributed by atoms with van der Waals surface area (Å²) in [7, 11) is 1.52. The van der Waals surface area contributed by atoms with Crippen molar-refractivity contribution in [2.24, 2.45) is 0 Å². The monoisotopic (exact) mass is 403 g/mol. The predicted octanol–water partition coefficient (Wildman–Crippen LogP) is 3.87. The normalized spacial score (nSPS) is 11.9. The van der Waals surface area contributed by atoms with Crippen molar-refractivity contribution in [1.29, 1.82) is 0 Å². The molecule has 0 amide bonds. The summed E-state index contributed by atoms with van der Waals surface area (Å²) in [6, 6.07) is 5.34. The number of hydrogen-bond acceptors (Lipinski definition) is 5. The van der Waals surface area contributed by atoms with Crippen LogP contribution in [0.25, 0.3) is 27.8 Å². The molecular formula is C19H16F3N5O2. The van der Waals surface area contributed by atoms with Gasteiger partial charge in [0.2, 0.25) is 11.8 Å². The van der Waals surface area contributed by atoms with Gasteiger partial charge in [-0.15, -0.1) is 0 Å². The standard InChI is InChI=1S/C19H16F3N5O2/c1-11-5-14(12-3-4-23-16(6-12)29-2)25-15-9-27(18(28)17(11)15)13-7-24-26(8-13)10-19(20,21)22/h3-9,28H,10H2,1-2H3. The van der Waals surface area contributed by atoms with Crippen LogP contribution >= 0.6 is 0 Å². The number of aryl methyl sites for hydroxylation is 1. The van der Waals surface area contributed by atoms with Crippen molar-refractivity contribution in [2.45, 2.75) is 19.6 Å². The van der Waals surface area contributed by atoms with E-state index in [1.807, 2.05) is 13.0 Å². The van der Waals surface area contributed by atoms with Crippen LogP contribution in [0.3, 0.4) is 0 Å². The molecule has 4 rings (SSSR count). The molecule has 0 aliphatic rings. The summed E-state index contributed by atoms with van der Waals surface area (Å²) in [6.07, 6.45) is 1.26. The van der Waals surface area contributed by atoms with E-state index in [0.717, 1.165) is 15.8 Å². The second-order valence-electron chi connectivity index (χ2n) is 6.51. The summed E-state index contributed by atoms with van der Waals surface area (Å²) in [6.45, 7) is 0.614. The van der Waals surface area contributed by atoms with Gasteiger partial charge < -0.3 is 9.84 Å².